The van der Waals surface area contributed by atoms with Crippen LogP contribution in [-0.2, 0) is 13.5 Å². The van der Waals surface area contributed by atoms with Gasteiger partial charge in [-0.25, -0.2) is 0 Å². The van der Waals surface area contributed by atoms with Gasteiger partial charge in [0.1, 0.15) is 5.69 Å². The zero-order valence-electron chi connectivity index (χ0n) is 11.1. The standard InChI is InChI=1S/C13H14BrN3O2S/c1-3-8-4-5-20-11(8)13(19)16-15-12(18)10-6-9(14)7-17(10)2/h4-7H,3H2,1-2H3,(H,15,18)(H,16,19). The molecule has 0 unspecified atom stereocenters. The van der Waals surface area contributed by atoms with Gasteiger partial charge < -0.3 is 4.57 Å². The molecule has 0 fully saturated rings. The summed E-state index contributed by atoms with van der Waals surface area (Å²) in [4.78, 5) is 24.5. The molecule has 0 aromatic carbocycles. The molecular weight excluding hydrogens is 342 g/mol. The van der Waals surface area contributed by atoms with Crippen molar-refractivity contribution in [1.29, 1.82) is 0 Å². The lowest BCUT2D eigenvalue weighted by molar-refractivity contribution is 0.0843. The second kappa shape index (κ2) is 6.23. The van der Waals surface area contributed by atoms with Crippen molar-refractivity contribution in [2.45, 2.75) is 13.3 Å². The first-order valence-corrected chi connectivity index (χ1v) is 7.69. The average Bonchev–Trinajstić information content (AvgIpc) is 3.01. The number of hydrogen-bond donors (Lipinski definition) is 2. The van der Waals surface area contributed by atoms with Crippen molar-refractivity contribution in [3.05, 3.63) is 44.3 Å². The topological polar surface area (TPSA) is 63.1 Å². The first-order chi connectivity index (χ1) is 9.52. The van der Waals surface area contributed by atoms with Crippen molar-refractivity contribution in [2.75, 3.05) is 0 Å². The summed E-state index contributed by atoms with van der Waals surface area (Å²) in [5.74, 6) is -0.653. The van der Waals surface area contributed by atoms with Crippen LogP contribution in [0.2, 0.25) is 0 Å². The van der Waals surface area contributed by atoms with Crippen LogP contribution in [0.1, 0.15) is 32.6 Å². The Morgan fingerprint density at radius 3 is 2.65 bits per heavy atom. The number of carbonyl (C=O) groups is 2. The number of rotatable bonds is 3. The fourth-order valence-corrected chi connectivity index (χ4v) is 3.21. The lowest BCUT2D eigenvalue weighted by Crippen LogP contribution is -2.42. The van der Waals surface area contributed by atoms with Crippen LogP contribution in [0.15, 0.2) is 28.2 Å². The SMILES string of the molecule is CCc1ccsc1C(=O)NNC(=O)c1cc(Br)cn1C. The highest BCUT2D eigenvalue weighted by atomic mass is 79.9. The molecule has 20 heavy (non-hydrogen) atoms. The monoisotopic (exact) mass is 355 g/mol. The number of carbonyl (C=O) groups excluding carboxylic acids is 2. The van der Waals surface area contributed by atoms with Crippen molar-refractivity contribution >= 4 is 39.1 Å². The van der Waals surface area contributed by atoms with Gasteiger partial charge in [-0.2, -0.15) is 0 Å². The van der Waals surface area contributed by atoms with Gasteiger partial charge >= 0.3 is 0 Å². The summed E-state index contributed by atoms with van der Waals surface area (Å²) in [6, 6.07) is 3.60. The normalized spacial score (nSPS) is 10.3. The summed E-state index contributed by atoms with van der Waals surface area (Å²) in [5.41, 5.74) is 6.29. The summed E-state index contributed by atoms with van der Waals surface area (Å²) < 4.78 is 2.48. The predicted molar refractivity (Wildman–Crippen MR) is 81.7 cm³/mol. The highest BCUT2D eigenvalue weighted by Gasteiger charge is 2.15. The van der Waals surface area contributed by atoms with Crippen LogP contribution in [0.4, 0.5) is 0 Å². The van der Waals surface area contributed by atoms with Gasteiger partial charge in [0.2, 0.25) is 0 Å². The van der Waals surface area contributed by atoms with Gasteiger partial charge in [-0.1, -0.05) is 6.92 Å². The molecule has 0 saturated heterocycles. The van der Waals surface area contributed by atoms with Crippen LogP contribution in [0.25, 0.3) is 0 Å². The highest BCUT2D eigenvalue weighted by molar-refractivity contribution is 9.10. The van der Waals surface area contributed by atoms with E-state index in [4.69, 9.17) is 0 Å². The fraction of sp³-hybridized carbons (Fsp3) is 0.231. The van der Waals surface area contributed by atoms with Crippen molar-refractivity contribution < 1.29 is 9.59 Å². The maximum atomic E-state index is 12.0. The minimum absolute atomic E-state index is 0.293. The van der Waals surface area contributed by atoms with Crippen LogP contribution in [0.5, 0.6) is 0 Å². The van der Waals surface area contributed by atoms with Crippen molar-refractivity contribution in [1.82, 2.24) is 15.4 Å². The third-order valence-corrected chi connectivity index (χ3v) is 4.22. The summed E-state index contributed by atoms with van der Waals surface area (Å²) in [6.45, 7) is 1.99. The molecule has 0 atom stereocenters. The molecule has 2 N–H and O–H groups in total. The van der Waals surface area contributed by atoms with E-state index in [0.29, 0.717) is 10.6 Å². The quantitative estimate of drug-likeness (QED) is 0.830. The van der Waals surface area contributed by atoms with E-state index in [2.05, 4.69) is 26.8 Å². The number of halogens is 1. The van der Waals surface area contributed by atoms with Gasteiger partial charge in [-0.3, -0.25) is 20.4 Å². The number of aromatic nitrogens is 1. The molecule has 2 heterocycles. The Kier molecular flexibility index (Phi) is 4.61. The van der Waals surface area contributed by atoms with E-state index in [-0.39, 0.29) is 11.8 Å². The van der Waals surface area contributed by atoms with Gasteiger partial charge in [0, 0.05) is 17.7 Å². The van der Waals surface area contributed by atoms with E-state index in [9.17, 15) is 9.59 Å². The first kappa shape index (κ1) is 14.8. The first-order valence-electron chi connectivity index (χ1n) is 6.01. The summed E-state index contributed by atoms with van der Waals surface area (Å²) in [6.07, 6.45) is 2.55. The van der Waals surface area contributed by atoms with Gasteiger partial charge in [0.05, 0.1) is 4.88 Å². The molecule has 0 aliphatic rings. The Hall–Kier alpha value is -1.60. The molecule has 2 rings (SSSR count). The number of hydrogen-bond acceptors (Lipinski definition) is 3. The number of nitrogens with one attached hydrogen (secondary N) is 2. The molecule has 2 aromatic heterocycles. The molecule has 0 radical (unpaired) electrons. The second-order valence-corrected chi connectivity index (χ2v) is 6.02. The van der Waals surface area contributed by atoms with E-state index in [1.54, 1.807) is 23.9 Å². The molecule has 0 saturated carbocycles. The van der Waals surface area contributed by atoms with Crippen LogP contribution in [-0.4, -0.2) is 16.4 Å². The van der Waals surface area contributed by atoms with E-state index >= 15 is 0 Å². The Bertz CT molecular complexity index is 648. The molecule has 0 aliphatic heterocycles. The number of thiophene rings is 1. The van der Waals surface area contributed by atoms with E-state index < -0.39 is 0 Å². The van der Waals surface area contributed by atoms with E-state index in [0.717, 1.165) is 16.5 Å². The van der Waals surface area contributed by atoms with Gasteiger partial charge in [0.25, 0.3) is 11.8 Å². The molecular formula is C13H14BrN3O2S. The zero-order chi connectivity index (χ0) is 14.7. The van der Waals surface area contributed by atoms with Gasteiger partial charge in [-0.15, -0.1) is 11.3 Å². The summed E-state index contributed by atoms with van der Waals surface area (Å²) in [7, 11) is 1.76. The minimum atomic E-state index is -0.360. The lowest BCUT2D eigenvalue weighted by atomic mass is 10.2. The van der Waals surface area contributed by atoms with Crippen molar-refractivity contribution in [3.63, 3.8) is 0 Å². The lowest BCUT2D eigenvalue weighted by Gasteiger charge is -2.07. The maximum absolute atomic E-state index is 12.0. The van der Waals surface area contributed by atoms with Crippen LogP contribution in [0, 0.1) is 0 Å². The largest absolute Gasteiger partial charge is 0.345 e. The molecule has 2 amide bonds. The van der Waals surface area contributed by atoms with Crippen molar-refractivity contribution in [3.8, 4) is 0 Å². The smallest absolute Gasteiger partial charge is 0.286 e. The highest BCUT2D eigenvalue weighted by Crippen LogP contribution is 2.17. The van der Waals surface area contributed by atoms with Crippen molar-refractivity contribution in [2.24, 2.45) is 7.05 Å². The molecule has 7 heteroatoms. The Balaban J connectivity index is 2.00. The Morgan fingerprint density at radius 1 is 1.35 bits per heavy atom. The van der Waals surface area contributed by atoms with Crippen LogP contribution in [0.3, 0.4) is 0 Å². The van der Waals surface area contributed by atoms with E-state index in [1.807, 2.05) is 18.4 Å². The predicted octanol–water partition coefficient (Wildman–Crippen LogP) is 2.49. The van der Waals surface area contributed by atoms with Crippen LogP contribution < -0.4 is 10.9 Å². The van der Waals surface area contributed by atoms with Gasteiger partial charge in [-0.05, 0) is 45.4 Å². The number of aryl methyl sites for hydroxylation is 2. The number of hydrazine groups is 1. The molecule has 0 bridgehead atoms. The molecule has 106 valence electrons. The molecule has 0 aliphatic carbocycles. The summed E-state index contributed by atoms with van der Waals surface area (Å²) in [5, 5.41) is 1.86. The maximum Gasteiger partial charge on any atom is 0.286 e. The molecule has 0 spiro atoms. The Morgan fingerprint density at radius 2 is 2.05 bits per heavy atom. The van der Waals surface area contributed by atoms with Gasteiger partial charge in [0.15, 0.2) is 0 Å². The van der Waals surface area contributed by atoms with Crippen LogP contribution >= 0.6 is 27.3 Å². The second-order valence-electron chi connectivity index (χ2n) is 4.19. The molecule has 2 aromatic rings. The third-order valence-electron chi connectivity index (χ3n) is 2.83. The average molecular weight is 356 g/mol. The minimum Gasteiger partial charge on any atom is -0.345 e. The summed E-state index contributed by atoms with van der Waals surface area (Å²) >= 11 is 4.66. The van der Waals surface area contributed by atoms with E-state index in [1.165, 1.54) is 11.3 Å². The number of amides is 2. The zero-order valence-corrected chi connectivity index (χ0v) is 13.5. The number of nitrogens with zero attached hydrogens (tertiary/aromatic N) is 1. The Labute approximate surface area is 129 Å². The fourth-order valence-electron chi connectivity index (χ4n) is 1.80. The molecule has 5 nitrogen and oxygen atoms in total. The third kappa shape index (κ3) is 3.10.